The molecular formula is C7H6. The van der Waals surface area contributed by atoms with Gasteiger partial charge in [-0.1, -0.05) is 12.2 Å². The van der Waals surface area contributed by atoms with Crippen molar-refractivity contribution in [2.24, 2.45) is 11.8 Å². The van der Waals surface area contributed by atoms with Crippen LogP contribution in [0, 0.1) is 24.0 Å². The van der Waals surface area contributed by atoms with Crippen molar-refractivity contribution < 1.29 is 0 Å². The van der Waals surface area contributed by atoms with Crippen molar-refractivity contribution in [1.82, 2.24) is 0 Å². The molecule has 0 amide bonds. The molecule has 0 atom stereocenters. The molecule has 0 aromatic rings. The zero-order valence-electron chi connectivity index (χ0n) is 4.02. The van der Waals surface area contributed by atoms with E-state index in [4.69, 9.17) is 0 Å². The third-order valence-corrected chi connectivity index (χ3v) is 1.53. The molecule has 0 aromatic carbocycles. The van der Waals surface area contributed by atoms with Gasteiger partial charge in [0.1, 0.15) is 0 Å². The van der Waals surface area contributed by atoms with Crippen molar-refractivity contribution in [2.45, 2.75) is 6.42 Å². The molecular weight excluding hydrogens is 84.1 g/mol. The second-order valence-corrected chi connectivity index (χ2v) is 2.12. The Hall–Kier alpha value is -0.520. The van der Waals surface area contributed by atoms with Crippen LogP contribution >= 0.6 is 0 Å². The van der Waals surface area contributed by atoms with Crippen molar-refractivity contribution in [3.63, 3.8) is 0 Å². The second kappa shape index (κ2) is 1.00. The van der Waals surface area contributed by atoms with Gasteiger partial charge in [0, 0.05) is 5.92 Å². The van der Waals surface area contributed by atoms with Gasteiger partial charge >= 0.3 is 0 Å². The number of fused-ring (bicyclic) bond motifs is 2. The van der Waals surface area contributed by atoms with Gasteiger partial charge in [-0.3, -0.25) is 0 Å². The van der Waals surface area contributed by atoms with E-state index < -0.39 is 0 Å². The van der Waals surface area contributed by atoms with Crippen LogP contribution in [0.2, 0.25) is 0 Å². The molecule has 2 bridgehead atoms. The van der Waals surface area contributed by atoms with E-state index in [0.29, 0.717) is 11.8 Å². The van der Waals surface area contributed by atoms with Crippen LogP contribution in [-0.4, -0.2) is 0 Å². The Morgan fingerprint density at radius 1 is 1.29 bits per heavy atom. The molecule has 0 nitrogen and oxygen atoms in total. The number of hydrogen-bond donors (Lipinski definition) is 0. The van der Waals surface area contributed by atoms with Gasteiger partial charge in [0.05, 0.1) is 0 Å². The van der Waals surface area contributed by atoms with Crippen LogP contribution in [0.5, 0.6) is 0 Å². The summed E-state index contributed by atoms with van der Waals surface area (Å²) in [6.45, 7) is 0. The summed E-state index contributed by atoms with van der Waals surface area (Å²) in [5.41, 5.74) is 0. The topological polar surface area (TPSA) is 0 Å². The number of rotatable bonds is 0. The lowest BCUT2D eigenvalue weighted by Crippen LogP contribution is -1.80. The maximum Gasteiger partial charge on any atom is 0.00977 e. The third kappa shape index (κ3) is 0.365. The van der Waals surface area contributed by atoms with Gasteiger partial charge in [-0.05, 0) is 24.5 Å². The predicted octanol–water partition coefficient (Wildman–Crippen LogP) is 1.35. The van der Waals surface area contributed by atoms with Crippen LogP contribution in [0.15, 0.2) is 12.2 Å². The van der Waals surface area contributed by atoms with E-state index in [9.17, 15) is 0 Å². The summed E-state index contributed by atoms with van der Waals surface area (Å²) >= 11 is 0. The quantitative estimate of drug-likeness (QED) is 0.421. The molecule has 0 aliphatic heterocycles. The van der Waals surface area contributed by atoms with E-state index >= 15 is 0 Å². The van der Waals surface area contributed by atoms with Gasteiger partial charge in [-0.25, -0.2) is 0 Å². The normalized spacial score (nSPS) is 43.4. The fraction of sp³-hybridized carbons (Fsp3) is 0.429. The lowest BCUT2D eigenvalue weighted by Gasteiger charge is -1.88. The van der Waals surface area contributed by atoms with Crippen molar-refractivity contribution in [3.8, 4) is 0 Å². The SMILES string of the molecule is [C]1=CC2C=[C]C1C2. The van der Waals surface area contributed by atoms with Crippen LogP contribution < -0.4 is 0 Å². The average molecular weight is 90.1 g/mol. The number of allylic oxidation sites excluding steroid dienone is 4. The molecule has 0 fully saturated rings. The van der Waals surface area contributed by atoms with E-state index in [-0.39, 0.29) is 0 Å². The summed E-state index contributed by atoms with van der Waals surface area (Å²) in [5.74, 6) is 1.26. The van der Waals surface area contributed by atoms with Gasteiger partial charge in [-0.2, -0.15) is 0 Å². The molecule has 2 aliphatic carbocycles. The Labute approximate surface area is 43.5 Å². The number of hydrogen-bond acceptors (Lipinski definition) is 0. The third-order valence-electron chi connectivity index (χ3n) is 1.53. The van der Waals surface area contributed by atoms with Crippen LogP contribution in [0.1, 0.15) is 6.42 Å². The van der Waals surface area contributed by atoms with Crippen molar-refractivity contribution >= 4 is 0 Å². The first kappa shape index (κ1) is 3.48. The fourth-order valence-electron chi connectivity index (χ4n) is 1.12. The minimum Gasteiger partial charge on any atom is -0.0734 e. The Kier molecular flexibility index (Phi) is 0.498. The summed E-state index contributed by atoms with van der Waals surface area (Å²) in [6.07, 6.45) is 11.9. The maximum absolute atomic E-state index is 3.19. The van der Waals surface area contributed by atoms with Gasteiger partial charge in [0.25, 0.3) is 0 Å². The molecule has 0 unspecified atom stereocenters. The standard InChI is InChI=1S/C7H6/c1-2-7-4-3-6(1)5-7/h1,3,6-7H,5H2. The van der Waals surface area contributed by atoms with E-state index in [0.717, 1.165) is 0 Å². The molecule has 0 heteroatoms. The van der Waals surface area contributed by atoms with Gasteiger partial charge in [0.15, 0.2) is 0 Å². The predicted molar refractivity (Wildman–Crippen MR) is 27.2 cm³/mol. The highest BCUT2D eigenvalue weighted by atomic mass is 14.2. The molecule has 0 aromatic heterocycles. The zero-order valence-corrected chi connectivity index (χ0v) is 4.02. The van der Waals surface area contributed by atoms with Crippen molar-refractivity contribution in [2.75, 3.05) is 0 Å². The van der Waals surface area contributed by atoms with E-state index in [1.165, 1.54) is 6.42 Å². The average Bonchev–Trinajstić information content (AvgIpc) is 2.22. The molecule has 2 radical (unpaired) electrons. The second-order valence-electron chi connectivity index (χ2n) is 2.12. The first-order valence-corrected chi connectivity index (χ1v) is 2.64. The highest BCUT2D eigenvalue weighted by Gasteiger charge is 2.20. The first-order valence-electron chi connectivity index (χ1n) is 2.64. The van der Waals surface area contributed by atoms with Crippen molar-refractivity contribution in [1.29, 1.82) is 0 Å². The summed E-state index contributed by atoms with van der Waals surface area (Å²) in [4.78, 5) is 0. The monoisotopic (exact) mass is 90.0 g/mol. The molecule has 7 heavy (non-hydrogen) atoms. The first-order chi connectivity index (χ1) is 3.45. The van der Waals surface area contributed by atoms with Crippen LogP contribution in [0.3, 0.4) is 0 Å². The lowest BCUT2D eigenvalue weighted by molar-refractivity contribution is 0.717. The van der Waals surface area contributed by atoms with E-state index in [2.05, 4.69) is 24.3 Å². The highest BCUT2D eigenvalue weighted by molar-refractivity contribution is 5.13. The molecule has 0 saturated carbocycles. The van der Waals surface area contributed by atoms with E-state index in [1.807, 2.05) is 0 Å². The minimum atomic E-state index is 0.560. The molecule has 0 heterocycles. The van der Waals surface area contributed by atoms with Crippen LogP contribution in [0.4, 0.5) is 0 Å². The Balaban J connectivity index is 2.38. The molecule has 34 valence electrons. The van der Waals surface area contributed by atoms with Gasteiger partial charge in [0.2, 0.25) is 0 Å². The molecule has 2 rings (SSSR count). The van der Waals surface area contributed by atoms with Crippen molar-refractivity contribution in [3.05, 3.63) is 24.3 Å². The Morgan fingerprint density at radius 2 is 2.00 bits per heavy atom. The Morgan fingerprint density at radius 3 is 2.14 bits per heavy atom. The summed E-state index contributed by atoms with van der Waals surface area (Å²) in [6, 6.07) is 0. The highest BCUT2D eigenvalue weighted by Crippen LogP contribution is 2.30. The lowest BCUT2D eigenvalue weighted by atomic mass is 10.2. The van der Waals surface area contributed by atoms with Gasteiger partial charge < -0.3 is 0 Å². The summed E-state index contributed by atoms with van der Waals surface area (Å²) in [7, 11) is 0. The smallest absolute Gasteiger partial charge is 0.00977 e. The molecule has 0 N–H and O–H groups in total. The van der Waals surface area contributed by atoms with E-state index in [1.54, 1.807) is 0 Å². The molecule has 2 aliphatic rings. The zero-order chi connectivity index (χ0) is 4.69. The maximum atomic E-state index is 3.19. The summed E-state index contributed by atoms with van der Waals surface area (Å²) in [5, 5.41) is 0. The Bertz CT molecular complexity index is 103. The van der Waals surface area contributed by atoms with Gasteiger partial charge in [-0.15, -0.1) is 0 Å². The molecule has 0 spiro atoms. The largest absolute Gasteiger partial charge is 0.0734 e. The minimum absolute atomic E-state index is 0.560. The summed E-state index contributed by atoms with van der Waals surface area (Å²) < 4.78 is 0. The van der Waals surface area contributed by atoms with Crippen LogP contribution in [-0.2, 0) is 0 Å². The molecule has 0 saturated heterocycles. The fourth-order valence-corrected chi connectivity index (χ4v) is 1.12. The van der Waals surface area contributed by atoms with Crippen LogP contribution in [0.25, 0.3) is 0 Å².